The van der Waals surface area contributed by atoms with Gasteiger partial charge in [0.05, 0.1) is 4.92 Å². The molecule has 9 heteroatoms. The van der Waals surface area contributed by atoms with Crippen LogP contribution < -0.4 is 10.3 Å². The molecule has 2 rings (SSSR count). The van der Waals surface area contributed by atoms with Crippen molar-refractivity contribution < 1.29 is 4.92 Å². The monoisotopic (exact) mass is 323 g/mol. The molecule has 0 aromatic carbocycles. The fourth-order valence-corrected chi connectivity index (χ4v) is 2.47. The third kappa shape index (κ3) is 4.49. The lowest BCUT2D eigenvalue weighted by Gasteiger charge is -2.32. The Morgan fingerprint density at radius 2 is 2.04 bits per heavy atom. The first-order valence-corrected chi connectivity index (χ1v) is 7.93. The Hall–Kier alpha value is -2.00. The third-order valence-corrected chi connectivity index (χ3v) is 3.96. The van der Waals surface area contributed by atoms with Gasteiger partial charge in [-0.25, -0.2) is 15.0 Å². The highest BCUT2D eigenvalue weighted by molar-refractivity contribution is 5.69. The van der Waals surface area contributed by atoms with Crippen molar-refractivity contribution in [3.8, 4) is 0 Å². The van der Waals surface area contributed by atoms with Crippen LogP contribution in [0.25, 0.3) is 0 Å². The molecule has 1 aromatic heterocycles. The van der Waals surface area contributed by atoms with Crippen molar-refractivity contribution in [2.45, 2.75) is 19.8 Å². The van der Waals surface area contributed by atoms with Crippen LogP contribution in [-0.2, 0) is 0 Å². The van der Waals surface area contributed by atoms with Gasteiger partial charge in [-0.05, 0) is 13.5 Å². The van der Waals surface area contributed by atoms with Crippen molar-refractivity contribution in [3.63, 3.8) is 0 Å². The zero-order chi connectivity index (χ0) is 16.8. The highest BCUT2D eigenvalue weighted by Gasteiger charge is 2.27. The molecule has 2 heterocycles. The van der Waals surface area contributed by atoms with E-state index in [-0.39, 0.29) is 11.5 Å². The number of aromatic nitrogens is 2. The molecule has 0 atom stereocenters. The van der Waals surface area contributed by atoms with E-state index < -0.39 is 4.92 Å². The van der Waals surface area contributed by atoms with Crippen molar-refractivity contribution in [1.29, 1.82) is 0 Å². The lowest BCUT2D eigenvalue weighted by atomic mass is 10.3. The Morgan fingerprint density at radius 1 is 1.35 bits per heavy atom. The summed E-state index contributed by atoms with van der Waals surface area (Å²) in [4.78, 5) is 23.4. The van der Waals surface area contributed by atoms with Gasteiger partial charge >= 0.3 is 5.69 Å². The summed E-state index contributed by atoms with van der Waals surface area (Å²) in [5, 5.41) is 13.5. The Morgan fingerprint density at radius 3 is 2.65 bits per heavy atom. The lowest BCUT2D eigenvalue weighted by molar-refractivity contribution is -0.383. The molecule has 0 radical (unpaired) electrons. The zero-order valence-corrected chi connectivity index (χ0v) is 14.0. The minimum atomic E-state index is -0.407. The van der Waals surface area contributed by atoms with Crippen molar-refractivity contribution >= 4 is 17.3 Å². The summed E-state index contributed by atoms with van der Waals surface area (Å²) in [7, 11) is 3.88. The molecule has 1 aliphatic rings. The summed E-state index contributed by atoms with van der Waals surface area (Å²) in [6.07, 6.45) is 3.36. The van der Waals surface area contributed by atoms with E-state index in [0.29, 0.717) is 5.82 Å². The molecule has 1 aliphatic heterocycles. The van der Waals surface area contributed by atoms with Crippen LogP contribution in [0.5, 0.6) is 0 Å². The Labute approximate surface area is 136 Å². The van der Waals surface area contributed by atoms with E-state index in [2.05, 4.69) is 34.3 Å². The number of likely N-dealkylation sites (N-methyl/N-ethyl adjacent to an activating group) is 1. The van der Waals surface area contributed by atoms with Crippen molar-refractivity contribution in [3.05, 3.63) is 16.4 Å². The number of unbranched alkanes of at least 4 members (excludes halogenated alkanes) is 1. The second kappa shape index (κ2) is 8.02. The maximum absolute atomic E-state index is 11.5. The van der Waals surface area contributed by atoms with Gasteiger partial charge in [-0.3, -0.25) is 15.5 Å². The van der Waals surface area contributed by atoms with Crippen LogP contribution >= 0.6 is 0 Å². The van der Waals surface area contributed by atoms with Crippen LogP contribution in [0.3, 0.4) is 0 Å². The van der Waals surface area contributed by atoms with Crippen molar-refractivity contribution in [1.82, 2.24) is 19.9 Å². The van der Waals surface area contributed by atoms with E-state index in [4.69, 9.17) is 0 Å². The van der Waals surface area contributed by atoms with Gasteiger partial charge in [0.2, 0.25) is 11.6 Å². The van der Waals surface area contributed by atoms with E-state index in [1.807, 2.05) is 17.0 Å². The number of rotatable bonds is 7. The van der Waals surface area contributed by atoms with E-state index in [0.717, 1.165) is 45.6 Å². The second-order valence-corrected chi connectivity index (χ2v) is 5.83. The molecule has 0 spiro atoms. The number of hydrazine groups is 1. The number of nitrogens with zero attached hydrogens (tertiary/aromatic N) is 6. The number of hydrogen-bond donors (Lipinski definition) is 1. The largest absolute Gasteiger partial charge is 0.354 e. The number of nitrogens with one attached hydrogen (secondary N) is 1. The predicted octanol–water partition coefficient (Wildman–Crippen LogP) is 1.20. The first-order valence-electron chi connectivity index (χ1n) is 7.93. The molecule has 1 N–H and O–H groups in total. The van der Waals surface area contributed by atoms with Gasteiger partial charge in [0.1, 0.15) is 6.33 Å². The summed E-state index contributed by atoms with van der Waals surface area (Å²) < 4.78 is 0. The molecule has 1 aromatic rings. The molecule has 128 valence electrons. The van der Waals surface area contributed by atoms with E-state index in [1.165, 1.54) is 6.33 Å². The van der Waals surface area contributed by atoms with Crippen LogP contribution in [0.15, 0.2) is 6.33 Å². The summed E-state index contributed by atoms with van der Waals surface area (Å²) in [6, 6.07) is 0. The van der Waals surface area contributed by atoms with Gasteiger partial charge < -0.3 is 9.80 Å². The topological polar surface area (TPSA) is 90.7 Å². The number of hydrogen-bond acceptors (Lipinski definition) is 8. The number of nitro groups is 1. The highest BCUT2D eigenvalue weighted by Crippen LogP contribution is 2.31. The van der Waals surface area contributed by atoms with Crippen LogP contribution in [0.1, 0.15) is 19.8 Å². The fourth-order valence-electron chi connectivity index (χ4n) is 2.47. The van der Waals surface area contributed by atoms with Crippen molar-refractivity contribution in [2.75, 3.05) is 57.1 Å². The molecule has 0 saturated carbocycles. The maximum atomic E-state index is 11.5. The zero-order valence-electron chi connectivity index (χ0n) is 14.0. The summed E-state index contributed by atoms with van der Waals surface area (Å²) in [5.41, 5.74) is 3.03. The van der Waals surface area contributed by atoms with Crippen molar-refractivity contribution in [2.24, 2.45) is 0 Å². The molecule has 1 saturated heterocycles. The number of piperazine rings is 1. The molecule has 0 bridgehead atoms. The van der Waals surface area contributed by atoms with E-state index in [1.54, 1.807) is 0 Å². The SMILES string of the molecule is CCCCN(C)c1ncnc(NN2CCN(C)CC2)c1[N+](=O)[O-]. The number of anilines is 2. The average molecular weight is 323 g/mol. The standard InChI is InChI=1S/C14H25N7O2/c1-4-5-6-19(3)14-12(21(22)23)13(15-11-16-14)17-20-9-7-18(2)8-10-20/h11H,4-10H2,1-3H3,(H,15,16,17). The quantitative estimate of drug-likeness (QED) is 0.591. The van der Waals surface area contributed by atoms with Crippen LogP contribution in [0, 0.1) is 10.1 Å². The normalized spacial score (nSPS) is 16.3. The smallest absolute Gasteiger partial charge is 0.354 e. The second-order valence-electron chi connectivity index (χ2n) is 5.83. The molecule has 9 nitrogen and oxygen atoms in total. The Balaban J connectivity index is 2.20. The maximum Gasteiger partial charge on any atom is 0.354 e. The summed E-state index contributed by atoms with van der Waals surface area (Å²) in [6.45, 7) is 6.21. The van der Waals surface area contributed by atoms with Crippen LogP contribution in [0.4, 0.5) is 17.3 Å². The highest BCUT2D eigenvalue weighted by atomic mass is 16.6. The average Bonchev–Trinajstić information content (AvgIpc) is 2.54. The predicted molar refractivity (Wildman–Crippen MR) is 89.6 cm³/mol. The molecular formula is C14H25N7O2. The molecule has 0 unspecified atom stereocenters. The van der Waals surface area contributed by atoms with Gasteiger partial charge in [-0.15, -0.1) is 0 Å². The fraction of sp³-hybridized carbons (Fsp3) is 0.714. The van der Waals surface area contributed by atoms with Gasteiger partial charge in [0, 0.05) is 39.8 Å². The Bertz CT molecular complexity index is 532. The lowest BCUT2D eigenvalue weighted by Crippen LogP contribution is -2.47. The van der Waals surface area contributed by atoms with Crippen LogP contribution in [-0.4, -0.2) is 71.6 Å². The molecule has 1 fully saturated rings. The van der Waals surface area contributed by atoms with E-state index >= 15 is 0 Å². The molecular weight excluding hydrogens is 298 g/mol. The summed E-state index contributed by atoms with van der Waals surface area (Å²) in [5.74, 6) is 0.614. The molecule has 23 heavy (non-hydrogen) atoms. The van der Waals surface area contributed by atoms with Gasteiger partial charge in [-0.1, -0.05) is 13.3 Å². The minimum absolute atomic E-state index is 0.0648. The third-order valence-electron chi connectivity index (χ3n) is 3.96. The summed E-state index contributed by atoms with van der Waals surface area (Å²) >= 11 is 0. The van der Waals surface area contributed by atoms with Gasteiger partial charge in [-0.2, -0.15) is 0 Å². The van der Waals surface area contributed by atoms with Crippen LogP contribution in [0.2, 0.25) is 0 Å². The minimum Gasteiger partial charge on any atom is -0.354 e. The van der Waals surface area contributed by atoms with E-state index in [9.17, 15) is 10.1 Å². The Kier molecular flexibility index (Phi) is 6.05. The van der Waals surface area contributed by atoms with Gasteiger partial charge in [0.25, 0.3) is 0 Å². The first kappa shape index (κ1) is 17.4. The molecule has 0 aliphatic carbocycles. The van der Waals surface area contributed by atoms with Gasteiger partial charge in [0.15, 0.2) is 0 Å². The first-order chi connectivity index (χ1) is 11.0. The molecule has 0 amide bonds.